The maximum Gasteiger partial charge on any atom is 0.330 e. The quantitative estimate of drug-likeness (QED) is 0.719. The molecule has 0 spiro atoms. The third-order valence-electron chi connectivity index (χ3n) is 3.27. The topological polar surface area (TPSA) is 73.9 Å². The van der Waals surface area contributed by atoms with Crippen molar-refractivity contribution in [3.05, 3.63) is 0 Å². The van der Waals surface area contributed by atoms with Gasteiger partial charge in [0, 0.05) is 14.0 Å². The zero-order chi connectivity index (χ0) is 14.3. The highest BCUT2D eigenvalue weighted by atomic mass is 16.5. The van der Waals surface area contributed by atoms with Crippen molar-refractivity contribution >= 4 is 11.9 Å². The Kier molecular flexibility index (Phi) is 6.80. The van der Waals surface area contributed by atoms with Crippen LogP contribution in [0.15, 0.2) is 0 Å². The summed E-state index contributed by atoms with van der Waals surface area (Å²) in [5.74, 6) is -0.772. The van der Waals surface area contributed by atoms with Crippen LogP contribution in [0.25, 0.3) is 0 Å². The van der Waals surface area contributed by atoms with Crippen LogP contribution in [-0.2, 0) is 23.8 Å². The molecular weight excluding hydrogens is 250 g/mol. The average Bonchev–Trinajstić information content (AvgIpc) is 2.42. The van der Waals surface area contributed by atoms with Gasteiger partial charge in [-0.15, -0.1) is 0 Å². The minimum atomic E-state index is -0.745. The Morgan fingerprint density at radius 1 is 1.26 bits per heavy atom. The molecule has 0 aromatic heterocycles. The Labute approximate surface area is 113 Å². The van der Waals surface area contributed by atoms with Crippen LogP contribution in [0.4, 0.5) is 0 Å². The molecule has 110 valence electrons. The average molecular weight is 273 g/mol. The summed E-state index contributed by atoms with van der Waals surface area (Å²) in [4.78, 5) is 22.5. The largest absolute Gasteiger partial charge is 0.467 e. The van der Waals surface area contributed by atoms with Crippen LogP contribution in [-0.4, -0.2) is 51.0 Å². The van der Waals surface area contributed by atoms with Gasteiger partial charge in [0.25, 0.3) is 0 Å². The van der Waals surface area contributed by atoms with Gasteiger partial charge in [0.2, 0.25) is 5.91 Å². The van der Waals surface area contributed by atoms with Gasteiger partial charge >= 0.3 is 5.97 Å². The molecule has 0 aromatic carbocycles. The van der Waals surface area contributed by atoms with E-state index in [0.717, 1.165) is 25.7 Å². The van der Waals surface area contributed by atoms with Gasteiger partial charge in [0.05, 0.1) is 25.9 Å². The molecule has 3 unspecified atom stereocenters. The molecule has 0 aromatic rings. The molecule has 0 aliphatic heterocycles. The van der Waals surface area contributed by atoms with E-state index in [0.29, 0.717) is 0 Å². The predicted molar refractivity (Wildman–Crippen MR) is 68.6 cm³/mol. The number of amides is 1. The van der Waals surface area contributed by atoms with E-state index in [1.807, 2.05) is 0 Å². The van der Waals surface area contributed by atoms with Gasteiger partial charge in [-0.05, 0) is 25.7 Å². The van der Waals surface area contributed by atoms with Gasteiger partial charge in [-0.2, -0.15) is 0 Å². The zero-order valence-electron chi connectivity index (χ0n) is 11.8. The van der Waals surface area contributed by atoms with Gasteiger partial charge in [0.15, 0.2) is 6.04 Å². The minimum Gasteiger partial charge on any atom is -0.467 e. The number of ether oxygens (including phenoxy) is 3. The van der Waals surface area contributed by atoms with Crippen molar-refractivity contribution in [3.8, 4) is 0 Å². The van der Waals surface area contributed by atoms with Gasteiger partial charge in [-0.3, -0.25) is 4.79 Å². The minimum absolute atomic E-state index is 0.0691. The number of esters is 1. The lowest BCUT2D eigenvalue weighted by atomic mass is 9.95. The van der Waals surface area contributed by atoms with E-state index in [-0.39, 0.29) is 24.7 Å². The summed E-state index contributed by atoms with van der Waals surface area (Å²) in [7, 11) is 2.99. The summed E-state index contributed by atoms with van der Waals surface area (Å²) in [6.07, 6.45) is 4.16. The van der Waals surface area contributed by atoms with Crippen molar-refractivity contribution in [1.82, 2.24) is 5.32 Å². The van der Waals surface area contributed by atoms with Gasteiger partial charge < -0.3 is 19.5 Å². The molecule has 1 fully saturated rings. The van der Waals surface area contributed by atoms with Crippen LogP contribution in [0.1, 0.15) is 32.6 Å². The Morgan fingerprint density at radius 3 is 2.53 bits per heavy atom. The van der Waals surface area contributed by atoms with Crippen LogP contribution in [0.2, 0.25) is 0 Å². The number of carbonyl (C=O) groups is 2. The maximum absolute atomic E-state index is 11.5. The van der Waals surface area contributed by atoms with E-state index in [1.165, 1.54) is 14.0 Å². The number of hydrogen-bond donors (Lipinski definition) is 1. The van der Waals surface area contributed by atoms with Crippen LogP contribution in [0, 0.1) is 0 Å². The van der Waals surface area contributed by atoms with Crippen molar-refractivity contribution < 1.29 is 23.8 Å². The maximum atomic E-state index is 11.5. The second-order valence-corrected chi connectivity index (χ2v) is 4.76. The lowest BCUT2D eigenvalue weighted by Crippen LogP contribution is -2.45. The third-order valence-corrected chi connectivity index (χ3v) is 3.27. The molecule has 6 nitrogen and oxygen atoms in total. The Morgan fingerprint density at radius 2 is 1.95 bits per heavy atom. The van der Waals surface area contributed by atoms with E-state index in [4.69, 9.17) is 9.47 Å². The lowest BCUT2D eigenvalue weighted by Gasteiger charge is -2.29. The van der Waals surface area contributed by atoms with E-state index in [1.54, 1.807) is 7.11 Å². The van der Waals surface area contributed by atoms with E-state index >= 15 is 0 Å². The van der Waals surface area contributed by atoms with Crippen LogP contribution in [0.5, 0.6) is 0 Å². The summed E-state index contributed by atoms with van der Waals surface area (Å²) in [5, 5.41) is 2.53. The second kappa shape index (κ2) is 8.12. The monoisotopic (exact) mass is 273 g/mol. The molecule has 1 aliphatic carbocycles. The first-order valence-corrected chi connectivity index (χ1v) is 6.56. The molecule has 1 aliphatic rings. The summed E-state index contributed by atoms with van der Waals surface area (Å²) in [6, 6.07) is -0.745. The van der Waals surface area contributed by atoms with Gasteiger partial charge in [-0.25, -0.2) is 4.79 Å². The van der Waals surface area contributed by atoms with Crippen molar-refractivity contribution in [3.63, 3.8) is 0 Å². The fraction of sp³-hybridized carbons (Fsp3) is 0.846. The fourth-order valence-electron chi connectivity index (χ4n) is 2.26. The molecule has 0 heterocycles. The fourth-order valence-corrected chi connectivity index (χ4v) is 2.26. The van der Waals surface area contributed by atoms with E-state index in [2.05, 4.69) is 10.1 Å². The van der Waals surface area contributed by atoms with Crippen molar-refractivity contribution in [2.75, 3.05) is 20.8 Å². The molecule has 1 rings (SSSR count). The summed E-state index contributed by atoms with van der Waals surface area (Å²) >= 11 is 0. The normalized spacial score (nSPS) is 24.6. The molecule has 3 atom stereocenters. The van der Waals surface area contributed by atoms with Crippen LogP contribution in [0.3, 0.4) is 0 Å². The van der Waals surface area contributed by atoms with Crippen LogP contribution < -0.4 is 5.32 Å². The van der Waals surface area contributed by atoms with Crippen LogP contribution >= 0.6 is 0 Å². The number of nitrogens with one attached hydrogen (secondary N) is 1. The zero-order valence-corrected chi connectivity index (χ0v) is 11.8. The molecule has 0 bridgehead atoms. The molecule has 19 heavy (non-hydrogen) atoms. The highest BCUT2D eigenvalue weighted by molar-refractivity contribution is 5.83. The molecule has 1 N–H and O–H groups in total. The smallest absolute Gasteiger partial charge is 0.330 e. The highest BCUT2D eigenvalue weighted by Crippen LogP contribution is 2.23. The molecule has 1 saturated carbocycles. The molecule has 1 amide bonds. The molecule has 6 heteroatoms. The number of rotatable bonds is 6. The molecule has 0 saturated heterocycles. The lowest BCUT2D eigenvalue weighted by molar-refractivity contribution is -0.148. The Hall–Kier alpha value is -1.14. The van der Waals surface area contributed by atoms with E-state index in [9.17, 15) is 9.59 Å². The number of carbonyl (C=O) groups excluding carboxylic acids is 2. The summed E-state index contributed by atoms with van der Waals surface area (Å²) < 4.78 is 15.7. The first-order chi connectivity index (χ1) is 9.06. The standard InChI is InChI=1S/C13H23NO5/c1-9(15)14-12(13(16)18-3)8-19-11-6-4-5-10(7-11)17-2/h10-12H,4-8H2,1-3H3,(H,14,15). The molecule has 0 radical (unpaired) electrons. The summed E-state index contributed by atoms with van der Waals surface area (Å²) in [5.41, 5.74) is 0. The Bertz CT molecular complexity index is 307. The van der Waals surface area contributed by atoms with Gasteiger partial charge in [0.1, 0.15) is 0 Å². The SMILES string of the molecule is COC(=O)C(COC1CCCC(OC)C1)NC(C)=O. The van der Waals surface area contributed by atoms with E-state index < -0.39 is 12.0 Å². The first-order valence-electron chi connectivity index (χ1n) is 6.56. The third kappa shape index (κ3) is 5.57. The number of hydrogen-bond acceptors (Lipinski definition) is 5. The van der Waals surface area contributed by atoms with Gasteiger partial charge in [-0.1, -0.05) is 0 Å². The first kappa shape index (κ1) is 15.9. The predicted octanol–water partition coefficient (Wildman–Crippen LogP) is 0.638. The molecular formula is C13H23NO5. The number of methoxy groups -OCH3 is 2. The highest BCUT2D eigenvalue weighted by Gasteiger charge is 2.26. The van der Waals surface area contributed by atoms with Crippen molar-refractivity contribution in [1.29, 1.82) is 0 Å². The van der Waals surface area contributed by atoms with Crippen molar-refractivity contribution in [2.24, 2.45) is 0 Å². The second-order valence-electron chi connectivity index (χ2n) is 4.76. The van der Waals surface area contributed by atoms with Crippen molar-refractivity contribution in [2.45, 2.75) is 50.9 Å². The Balaban J connectivity index is 2.42. The summed E-state index contributed by atoms with van der Waals surface area (Å²) in [6.45, 7) is 1.49.